The number of rotatable bonds is 9. The summed E-state index contributed by atoms with van der Waals surface area (Å²) >= 11 is 0. The van der Waals surface area contributed by atoms with Crippen LogP contribution in [0.5, 0.6) is 0 Å². The van der Waals surface area contributed by atoms with Crippen LogP contribution in [0.2, 0.25) is 0 Å². The largest absolute Gasteiger partial charge is 0.356 e. The van der Waals surface area contributed by atoms with Crippen LogP contribution >= 0.6 is 0 Å². The molecule has 0 bridgehead atoms. The van der Waals surface area contributed by atoms with Crippen LogP contribution in [0, 0.1) is 6.92 Å². The van der Waals surface area contributed by atoms with Crippen molar-refractivity contribution in [3.05, 3.63) is 53.6 Å². The quantitative estimate of drug-likeness (QED) is 0.417. The Kier molecular flexibility index (Phi) is 8.02. The molecule has 0 radical (unpaired) electrons. The summed E-state index contributed by atoms with van der Waals surface area (Å²) in [5, 5.41) is 6.78. The van der Waals surface area contributed by atoms with Crippen LogP contribution in [0.15, 0.2) is 41.7 Å². The summed E-state index contributed by atoms with van der Waals surface area (Å²) in [6, 6.07) is 8.65. The molecular weight excluding hydrogens is 310 g/mol. The van der Waals surface area contributed by atoms with Crippen molar-refractivity contribution in [2.45, 2.75) is 52.6 Å². The van der Waals surface area contributed by atoms with Crippen LogP contribution in [0.1, 0.15) is 49.6 Å². The highest BCUT2D eigenvalue weighted by atomic mass is 15.2. The normalized spacial score (nSPS) is 11.6. The number of nitrogens with zero attached hydrogens (tertiary/aromatic N) is 3. The zero-order valence-corrected chi connectivity index (χ0v) is 15.8. The second-order valence-electron chi connectivity index (χ2n) is 6.34. The highest BCUT2D eigenvalue weighted by Gasteiger charge is 2.02. The fourth-order valence-electron chi connectivity index (χ4n) is 2.77. The zero-order chi connectivity index (χ0) is 17.9. The Morgan fingerprint density at radius 3 is 2.72 bits per heavy atom. The van der Waals surface area contributed by atoms with E-state index in [0.29, 0.717) is 0 Å². The Balaban J connectivity index is 1.81. The van der Waals surface area contributed by atoms with Gasteiger partial charge in [-0.3, -0.25) is 4.99 Å². The lowest BCUT2D eigenvalue weighted by atomic mass is 10.1. The van der Waals surface area contributed by atoms with E-state index in [2.05, 4.69) is 56.4 Å². The van der Waals surface area contributed by atoms with E-state index in [9.17, 15) is 0 Å². The number of imidazole rings is 1. The van der Waals surface area contributed by atoms with E-state index in [0.717, 1.165) is 31.4 Å². The van der Waals surface area contributed by atoms with Gasteiger partial charge in [0.1, 0.15) is 5.82 Å². The summed E-state index contributed by atoms with van der Waals surface area (Å²) in [4.78, 5) is 8.58. The topological polar surface area (TPSA) is 54.2 Å². The fraction of sp³-hybridized carbons (Fsp3) is 0.500. The van der Waals surface area contributed by atoms with Crippen LogP contribution in [0.3, 0.4) is 0 Å². The molecule has 1 heterocycles. The van der Waals surface area contributed by atoms with E-state index in [1.807, 2.05) is 26.4 Å². The molecule has 5 heteroatoms. The van der Waals surface area contributed by atoms with Gasteiger partial charge in [0.2, 0.25) is 0 Å². The molecule has 2 rings (SSSR count). The van der Waals surface area contributed by atoms with Gasteiger partial charge in [0.25, 0.3) is 0 Å². The van der Waals surface area contributed by atoms with E-state index in [1.54, 1.807) is 0 Å². The average molecular weight is 342 g/mol. The summed E-state index contributed by atoms with van der Waals surface area (Å²) in [6.07, 6.45) is 8.89. The lowest BCUT2D eigenvalue weighted by molar-refractivity contribution is 0.647. The first kappa shape index (κ1) is 19.0. The maximum atomic E-state index is 4.30. The summed E-state index contributed by atoms with van der Waals surface area (Å²) in [6.45, 7) is 6.85. The van der Waals surface area contributed by atoms with Crippen molar-refractivity contribution in [1.29, 1.82) is 0 Å². The molecule has 0 unspecified atom stereocenters. The molecule has 0 aliphatic carbocycles. The monoisotopic (exact) mass is 341 g/mol. The lowest BCUT2D eigenvalue weighted by Crippen LogP contribution is -2.37. The van der Waals surface area contributed by atoms with E-state index in [1.165, 1.54) is 36.8 Å². The van der Waals surface area contributed by atoms with E-state index in [-0.39, 0.29) is 0 Å². The number of unbranched alkanes of at least 4 members (excludes halogenated alkanes) is 3. The molecule has 2 N–H and O–H groups in total. The van der Waals surface area contributed by atoms with Crippen LogP contribution in [0.4, 0.5) is 0 Å². The van der Waals surface area contributed by atoms with Gasteiger partial charge < -0.3 is 15.2 Å². The molecule has 1 aromatic carbocycles. The maximum absolute atomic E-state index is 4.30. The van der Waals surface area contributed by atoms with Gasteiger partial charge in [-0.1, -0.05) is 50.5 Å². The highest BCUT2D eigenvalue weighted by Crippen LogP contribution is 2.08. The number of aliphatic imine (C=N–C) groups is 1. The minimum Gasteiger partial charge on any atom is -0.356 e. The Labute approximate surface area is 151 Å². The molecule has 136 valence electrons. The number of hydrogen-bond donors (Lipinski definition) is 2. The summed E-state index contributed by atoms with van der Waals surface area (Å²) in [5.41, 5.74) is 2.53. The molecule has 25 heavy (non-hydrogen) atoms. The predicted octanol–water partition coefficient (Wildman–Crippen LogP) is 3.49. The minimum atomic E-state index is 0.769. The van der Waals surface area contributed by atoms with Gasteiger partial charge in [0, 0.05) is 39.1 Å². The van der Waals surface area contributed by atoms with Gasteiger partial charge in [0.15, 0.2) is 5.96 Å². The number of aryl methyl sites for hydroxylation is 1. The van der Waals surface area contributed by atoms with Gasteiger partial charge in [-0.15, -0.1) is 0 Å². The first-order chi connectivity index (χ1) is 12.2. The van der Waals surface area contributed by atoms with E-state index in [4.69, 9.17) is 0 Å². The Bertz CT molecular complexity index is 660. The average Bonchev–Trinajstić information content (AvgIpc) is 3.02. The molecule has 0 saturated heterocycles. The van der Waals surface area contributed by atoms with Crippen molar-refractivity contribution in [3.63, 3.8) is 0 Å². The van der Waals surface area contributed by atoms with Crippen molar-refractivity contribution in [1.82, 2.24) is 20.2 Å². The van der Waals surface area contributed by atoms with Gasteiger partial charge in [-0.25, -0.2) is 4.98 Å². The Morgan fingerprint density at radius 1 is 1.16 bits per heavy atom. The predicted molar refractivity (Wildman–Crippen MR) is 105 cm³/mol. The van der Waals surface area contributed by atoms with Crippen molar-refractivity contribution < 1.29 is 0 Å². The van der Waals surface area contributed by atoms with Crippen LogP contribution < -0.4 is 10.6 Å². The summed E-state index contributed by atoms with van der Waals surface area (Å²) in [7, 11) is 1.82. The van der Waals surface area contributed by atoms with Crippen LogP contribution in [0.25, 0.3) is 0 Å². The number of aromatic nitrogens is 2. The van der Waals surface area contributed by atoms with Gasteiger partial charge >= 0.3 is 0 Å². The van der Waals surface area contributed by atoms with Crippen LogP contribution in [-0.4, -0.2) is 29.1 Å². The maximum Gasteiger partial charge on any atom is 0.191 e. The number of guanidine groups is 1. The second kappa shape index (κ2) is 10.5. The van der Waals surface area contributed by atoms with Gasteiger partial charge in [-0.2, -0.15) is 0 Å². The standard InChI is InChI=1S/C20H31N5/c1-4-5-6-7-11-23-20(21-3)24-15-18-9-8-10-19(14-18)16-25-13-12-22-17(25)2/h8-10,12-14H,4-7,11,15-16H2,1-3H3,(H2,21,23,24). The molecule has 2 aromatic rings. The molecule has 1 aromatic heterocycles. The van der Waals surface area contributed by atoms with Gasteiger partial charge in [0.05, 0.1) is 0 Å². The Morgan fingerprint density at radius 2 is 2.00 bits per heavy atom. The van der Waals surface area contributed by atoms with Crippen LogP contribution in [-0.2, 0) is 13.1 Å². The molecule has 5 nitrogen and oxygen atoms in total. The minimum absolute atomic E-state index is 0.769. The zero-order valence-electron chi connectivity index (χ0n) is 15.8. The number of benzene rings is 1. The molecular formula is C20H31N5. The molecule has 0 aliphatic rings. The molecule has 0 atom stereocenters. The van der Waals surface area contributed by atoms with E-state index < -0.39 is 0 Å². The van der Waals surface area contributed by atoms with Crippen molar-refractivity contribution in [2.24, 2.45) is 4.99 Å². The third-order valence-corrected chi connectivity index (χ3v) is 4.27. The van der Waals surface area contributed by atoms with Crippen molar-refractivity contribution >= 4 is 5.96 Å². The first-order valence-electron chi connectivity index (χ1n) is 9.23. The number of hydrogen-bond acceptors (Lipinski definition) is 2. The third kappa shape index (κ3) is 6.61. The SMILES string of the molecule is CCCCCCNC(=NC)NCc1cccc(Cn2ccnc2C)c1. The first-order valence-corrected chi connectivity index (χ1v) is 9.23. The molecule has 0 aliphatic heterocycles. The highest BCUT2D eigenvalue weighted by molar-refractivity contribution is 5.79. The fourth-order valence-corrected chi connectivity index (χ4v) is 2.77. The van der Waals surface area contributed by atoms with E-state index >= 15 is 0 Å². The van der Waals surface area contributed by atoms with Crippen molar-refractivity contribution in [2.75, 3.05) is 13.6 Å². The molecule has 0 spiro atoms. The third-order valence-electron chi connectivity index (χ3n) is 4.27. The van der Waals surface area contributed by atoms with Gasteiger partial charge in [-0.05, 0) is 24.5 Å². The molecule has 0 amide bonds. The molecule has 0 saturated carbocycles. The molecule has 0 fully saturated rings. The summed E-state index contributed by atoms with van der Waals surface area (Å²) < 4.78 is 2.16. The Hall–Kier alpha value is -2.30. The lowest BCUT2D eigenvalue weighted by Gasteiger charge is -2.13. The smallest absolute Gasteiger partial charge is 0.191 e. The van der Waals surface area contributed by atoms with Crippen molar-refractivity contribution in [3.8, 4) is 0 Å². The second-order valence-corrected chi connectivity index (χ2v) is 6.34. The summed E-state index contributed by atoms with van der Waals surface area (Å²) in [5.74, 6) is 1.91. The number of nitrogens with one attached hydrogen (secondary N) is 2.